The van der Waals surface area contributed by atoms with Crippen LogP contribution in [-0.4, -0.2) is 36.0 Å². The number of esters is 1. The smallest absolute Gasteiger partial charge is 0.433 e. The molecule has 0 saturated heterocycles. The maximum Gasteiger partial charge on any atom is 0.433 e. The van der Waals surface area contributed by atoms with Gasteiger partial charge in [-0.05, 0) is 26.0 Å². The van der Waals surface area contributed by atoms with E-state index >= 15 is 0 Å². The van der Waals surface area contributed by atoms with E-state index in [-0.39, 0.29) is 23.1 Å². The average Bonchev–Trinajstić information content (AvgIpc) is 2.74. The van der Waals surface area contributed by atoms with Gasteiger partial charge in [-0.2, -0.15) is 39.5 Å². The molecule has 7 nitrogen and oxygen atoms in total. The zero-order valence-electron chi connectivity index (χ0n) is 19.1. The van der Waals surface area contributed by atoms with E-state index in [1.165, 1.54) is 13.8 Å². The SMILES string of the molecule is COC(=O)C(OC)N(c1cc(C(F)(F)F)cc(C(F)(F)F)c1Cl)c1nc(C(F)(F)F)cc(=O)n1C(C)C. The van der Waals surface area contributed by atoms with Crippen molar-refractivity contribution in [2.45, 2.75) is 44.6 Å². The quantitative estimate of drug-likeness (QED) is 0.248. The molecule has 0 N–H and O–H groups in total. The van der Waals surface area contributed by atoms with Crippen molar-refractivity contribution in [3.63, 3.8) is 0 Å². The lowest BCUT2D eigenvalue weighted by Crippen LogP contribution is -2.44. The number of nitrogens with zero attached hydrogens (tertiary/aromatic N) is 3. The molecule has 1 aromatic heterocycles. The Hall–Kier alpha value is -3.01. The van der Waals surface area contributed by atoms with E-state index < -0.39 is 75.8 Å². The highest BCUT2D eigenvalue weighted by Gasteiger charge is 2.43. The second kappa shape index (κ2) is 10.4. The van der Waals surface area contributed by atoms with Crippen LogP contribution in [0.4, 0.5) is 51.1 Å². The third kappa shape index (κ3) is 6.29. The van der Waals surface area contributed by atoms with Crippen molar-refractivity contribution in [3.05, 3.63) is 50.4 Å². The van der Waals surface area contributed by atoms with E-state index in [2.05, 4.69) is 9.72 Å². The van der Waals surface area contributed by atoms with Gasteiger partial charge in [-0.3, -0.25) is 14.3 Å². The summed E-state index contributed by atoms with van der Waals surface area (Å²) in [6, 6.07) is -1.28. The lowest BCUT2D eigenvalue weighted by molar-refractivity contribution is -0.151. The first kappa shape index (κ1) is 30.2. The zero-order chi connectivity index (χ0) is 28.7. The van der Waals surface area contributed by atoms with Gasteiger partial charge in [-0.25, -0.2) is 9.78 Å². The molecule has 0 aliphatic heterocycles. The molecule has 1 aromatic carbocycles. The Morgan fingerprint density at radius 2 is 1.54 bits per heavy atom. The molecule has 0 fully saturated rings. The number of benzene rings is 1. The minimum Gasteiger partial charge on any atom is -0.466 e. The molecule has 0 aliphatic rings. The molecule has 1 heterocycles. The normalized spacial score (nSPS) is 13.6. The highest BCUT2D eigenvalue weighted by molar-refractivity contribution is 6.34. The summed E-state index contributed by atoms with van der Waals surface area (Å²) in [5.74, 6) is -2.67. The summed E-state index contributed by atoms with van der Waals surface area (Å²) in [5.41, 5.74) is -8.49. The maximum absolute atomic E-state index is 13.6. The number of alkyl halides is 9. The molecule has 37 heavy (non-hydrogen) atoms. The summed E-state index contributed by atoms with van der Waals surface area (Å²) in [6.45, 7) is 2.51. The van der Waals surface area contributed by atoms with Crippen LogP contribution in [0.25, 0.3) is 0 Å². The van der Waals surface area contributed by atoms with Crippen molar-refractivity contribution in [2.24, 2.45) is 0 Å². The first-order valence-corrected chi connectivity index (χ1v) is 10.2. The predicted octanol–water partition coefficient (Wildman–Crippen LogP) is 5.82. The van der Waals surface area contributed by atoms with Gasteiger partial charge in [0.25, 0.3) is 5.56 Å². The number of ether oxygens (including phenoxy) is 2. The Morgan fingerprint density at radius 3 is 1.95 bits per heavy atom. The van der Waals surface area contributed by atoms with Gasteiger partial charge in [0.15, 0.2) is 5.69 Å². The van der Waals surface area contributed by atoms with Crippen molar-refractivity contribution in [2.75, 3.05) is 19.1 Å². The number of rotatable bonds is 6. The molecule has 206 valence electrons. The Morgan fingerprint density at radius 1 is 0.973 bits per heavy atom. The van der Waals surface area contributed by atoms with Gasteiger partial charge in [0.2, 0.25) is 12.2 Å². The molecule has 0 bridgehead atoms. The van der Waals surface area contributed by atoms with Crippen LogP contribution in [0.3, 0.4) is 0 Å². The fraction of sp³-hybridized carbons (Fsp3) is 0.450. The molecule has 0 spiro atoms. The number of hydrogen-bond donors (Lipinski definition) is 0. The summed E-state index contributed by atoms with van der Waals surface area (Å²) >= 11 is 5.84. The molecule has 0 saturated carbocycles. The van der Waals surface area contributed by atoms with Crippen LogP contribution in [-0.2, 0) is 32.8 Å². The Bertz CT molecular complexity index is 1220. The summed E-state index contributed by atoms with van der Waals surface area (Å²) in [7, 11) is 1.52. The molecule has 1 unspecified atom stereocenters. The fourth-order valence-corrected chi connectivity index (χ4v) is 3.49. The van der Waals surface area contributed by atoms with Gasteiger partial charge in [0.1, 0.15) is 0 Å². The lowest BCUT2D eigenvalue weighted by atomic mass is 10.1. The monoisotopic (exact) mass is 569 g/mol. The van der Waals surface area contributed by atoms with E-state index in [4.69, 9.17) is 16.3 Å². The summed E-state index contributed by atoms with van der Waals surface area (Å²) < 4.78 is 132. The zero-order valence-corrected chi connectivity index (χ0v) is 19.9. The van der Waals surface area contributed by atoms with Crippen LogP contribution in [0.15, 0.2) is 23.0 Å². The van der Waals surface area contributed by atoms with Gasteiger partial charge in [-0.1, -0.05) is 11.6 Å². The Labute approximate surface area is 207 Å². The number of aromatic nitrogens is 2. The van der Waals surface area contributed by atoms with Gasteiger partial charge < -0.3 is 9.47 Å². The summed E-state index contributed by atoms with van der Waals surface area (Å²) in [6.07, 6.45) is -18.5. The summed E-state index contributed by atoms with van der Waals surface area (Å²) in [5, 5.41) is -1.45. The second-order valence-corrected chi connectivity index (χ2v) is 7.95. The highest BCUT2D eigenvalue weighted by atomic mass is 35.5. The Kier molecular flexibility index (Phi) is 8.49. The molecule has 0 amide bonds. The number of carbonyl (C=O) groups is 1. The molecule has 17 heteroatoms. The van der Waals surface area contributed by atoms with Crippen LogP contribution in [0.2, 0.25) is 5.02 Å². The third-order valence-electron chi connectivity index (χ3n) is 4.76. The number of hydrogen-bond acceptors (Lipinski definition) is 6. The summed E-state index contributed by atoms with van der Waals surface area (Å²) in [4.78, 5) is 28.4. The topological polar surface area (TPSA) is 73.7 Å². The first-order valence-electron chi connectivity index (χ1n) is 9.84. The predicted molar refractivity (Wildman–Crippen MR) is 110 cm³/mol. The van der Waals surface area contributed by atoms with Crippen LogP contribution >= 0.6 is 11.6 Å². The maximum atomic E-state index is 13.6. The number of halogens is 10. The van der Waals surface area contributed by atoms with Gasteiger partial charge in [0, 0.05) is 19.2 Å². The minimum absolute atomic E-state index is 0.0453. The highest BCUT2D eigenvalue weighted by Crippen LogP contribution is 2.46. The molecule has 2 rings (SSSR count). The van der Waals surface area contributed by atoms with Crippen molar-refractivity contribution in [3.8, 4) is 0 Å². The third-order valence-corrected chi connectivity index (χ3v) is 5.16. The largest absolute Gasteiger partial charge is 0.466 e. The van der Waals surface area contributed by atoms with Gasteiger partial charge >= 0.3 is 24.5 Å². The van der Waals surface area contributed by atoms with E-state index in [0.717, 1.165) is 14.2 Å². The van der Waals surface area contributed by atoms with Crippen LogP contribution in [0.5, 0.6) is 0 Å². The minimum atomic E-state index is -5.48. The average molecular weight is 570 g/mol. The molecular formula is C20H17ClF9N3O4. The number of anilines is 2. The van der Waals surface area contributed by atoms with Crippen LogP contribution < -0.4 is 10.5 Å². The fourth-order valence-electron chi connectivity index (χ4n) is 3.18. The van der Waals surface area contributed by atoms with Crippen molar-refractivity contribution in [1.82, 2.24) is 9.55 Å². The molecule has 0 radical (unpaired) electrons. The van der Waals surface area contributed by atoms with Crippen LogP contribution in [0.1, 0.15) is 36.7 Å². The molecule has 1 atom stereocenters. The Balaban J connectivity index is 3.19. The first-order chi connectivity index (χ1) is 16.7. The van der Waals surface area contributed by atoms with Crippen molar-refractivity contribution < 1.29 is 53.8 Å². The number of methoxy groups -OCH3 is 2. The van der Waals surface area contributed by atoms with Crippen molar-refractivity contribution >= 4 is 29.2 Å². The van der Waals surface area contributed by atoms with Crippen LogP contribution in [0, 0.1) is 0 Å². The van der Waals surface area contributed by atoms with E-state index in [0.29, 0.717) is 4.57 Å². The molecule has 0 aliphatic carbocycles. The molecule has 2 aromatic rings. The van der Waals surface area contributed by atoms with E-state index in [1.807, 2.05) is 0 Å². The lowest BCUT2D eigenvalue weighted by Gasteiger charge is -2.34. The van der Waals surface area contributed by atoms with Crippen molar-refractivity contribution in [1.29, 1.82) is 0 Å². The second-order valence-electron chi connectivity index (χ2n) is 7.57. The number of carbonyl (C=O) groups excluding carboxylic acids is 1. The van der Waals surface area contributed by atoms with E-state index in [1.54, 1.807) is 0 Å². The standard InChI is InChI=1S/C20H17ClF9N3O4/c1-8(2)32-13(34)7-12(20(28,29)30)31-17(32)33(15(36-3)16(35)37-4)11-6-9(18(22,23)24)5-10(14(11)21)19(25,26)27/h5-8,15H,1-4H3. The molecular weight excluding hydrogens is 553 g/mol. The van der Waals surface area contributed by atoms with Gasteiger partial charge in [0.05, 0.1) is 28.9 Å². The van der Waals surface area contributed by atoms with Gasteiger partial charge in [-0.15, -0.1) is 0 Å². The van der Waals surface area contributed by atoms with E-state index in [9.17, 15) is 49.1 Å².